The molecule has 0 amide bonds. The molecule has 2 aliphatic heterocycles. The summed E-state index contributed by atoms with van der Waals surface area (Å²) in [7, 11) is -3.55. The first-order chi connectivity index (χ1) is 15.4. The smallest absolute Gasteiger partial charge is 0.246 e. The summed E-state index contributed by atoms with van der Waals surface area (Å²) in [6.45, 7) is 10.7. The maximum Gasteiger partial charge on any atom is 0.246 e. The Hall–Kier alpha value is -2.04. The number of ether oxygens (including phenoxy) is 1. The lowest BCUT2D eigenvalue weighted by molar-refractivity contribution is 0.0730. The minimum absolute atomic E-state index is 0.351. The van der Waals surface area contributed by atoms with Crippen LogP contribution in [0.25, 0.3) is 6.08 Å². The predicted octanol–water partition coefficient (Wildman–Crippen LogP) is 1.81. The Labute approximate surface area is 191 Å². The summed E-state index contributed by atoms with van der Waals surface area (Å²) in [5.74, 6) is 0. The van der Waals surface area contributed by atoms with E-state index < -0.39 is 10.0 Å². The van der Waals surface area contributed by atoms with E-state index in [1.165, 1.54) is 9.87 Å². The van der Waals surface area contributed by atoms with Crippen LogP contribution in [0.1, 0.15) is 17.0 Å². The normalized spacial score (nSPS) is 19.7. The molecule has 0 saturated carbocycles. The molecule has 0 atom stereocenters. The highest BCUT2D eigenvalue weighted by Gasteiger charge is 2.32. The molecule has 0 spiro atoms. The molecule has 1 aromatic carbocycles. The van der Waals surface area contributed by atoms with Gasteiger partial charge in [0.05, 0.1) is 31.3 Å². The Kier molecular flexibility index (Phi) is 7.42. The van der Waals surface area contributed by atoms with Crippen LogP contribution in [0.15, 0.2) is 41.3 Å². The Balaban J connectivity index is 1.33. The van der Waals surface area contributed by atoms with Gasteiger partial charge in [-0.1, -0.05) is 42.5 Å². The number of nitrogens with zero attached hydrogens (tertiary/aromatic N) is 5. The summed E-state index contributed by atoms with van der Waals surface area (Å²) in [6, 6.07) is 10.3. The van der Waals surface area contributed by atoms with Gasteiger partial charge in [0.15, 0.2) is 0 Å². The monoisotopic (exact) mass is 459 g/mol. The van der Waals surface area contributed by atoms with Crippen molar-refractivity contribution in [3.05, 3.63) is 53.4 Å². The topological polar surface area (TPSA) is 70.9 Å². The highest BCUT2D eigenvalue weighted by molar-refractivity contribution is 7.89. The van der Waals surface area contributed by atoms with E-state index in [1.54, 1.807) is 6.92 Å². The minimum Gasteiger partial charge on any atom is -0.379 e. The van der Waals surface area contributed by atoms with Gasteiger partial charge in [0, 0.05) is 45.8 Å². The lowest BCUT2D eigenvalue weighted by Crippen LogP contribution is -2.46. The molecule has 2 aliphatic rings. The van der Waals surface area contributed by atoms with Gasteiger partial charge in [0.1, 0.15) is 4.90 Å². The van der Waals surface area contributed by atoms with Crippen LogP contribution >= 0.6 is 0 Å². The van der Waals surface area contributed by atoms with Gasteiger partial charge < -0.3 is 4.74 Å². The van der Waals surface area contributed by atoms with Gasteiger partial charge in [0.2, 0.25) is 10.0 Å². The molecule has 0 aliphatic carbocycles. The van der Waals surface area contributed by atoms with Gasteiger partial charge in [0.25, 0.3) is 0 Å². The fraction of sp³-hybridized carbons (Fsp3) is 0.522. The van der Waals surface area contributed by atoms with Crippen molar-refractivity contribution in [2.75, 3.05) is 59.0 Å². The molecule has 2 fully saturated rings. The number of hydrogen-bond donors (Lipinski definition) is 0. The molecule has 0 N–H and O–H groups in total. The van der Waals surface area contributed by atoms with E-state index in [2.05, 4.69) is 51.3 Å². The first-order valence-electron chi connectivity index (χ1n) is 11.2. The van der Waals surface area contributed by atoms with Crippen LogP contribution in [0.5, 0.6) is 0 Å². The van der Waals surface area contributed by atoms with E-state index in [-0.39, 0.29) is 0 Å². The number of aromatic nitrogens is 2. The maximum absolute atomic E-state index is 13.2. The van der Waals surface area contributed by atoms with Crippen molar-refractivity contribution < 1.29 is 13.2 Å². The van der Waals surface area contributed by atoms with Crippen molar-refractivity contribution in [3.8, 4) is 0 Å². The number of piperazine rings is 1. The lowest BCUT2D eigenvalue weighted by atomic mass is 10.2. The number of aryl methyl sites for hydroxylation is 1. The first-order valence-corrected chi connectivity index (χ1v) is 12.7. The summed E-state index contributed by atoms with van der Waals surface area (Å²) in [4.78, 5) is 5.12. The van der Waals surface area contributed by atoms with Crippen molar-refractivity contribution in [2.24, 2.45) is 0 Å². The predicted molar refractivity (Wildman–Crippen MR) is 125 cm³/mol. The Bertz CT molecular complexity index is 1020. The van der Waals surface area contributed by atoms with Gasteiger partial charge >= 0.3 is 0 Å². The van der Waals surface area contributed by atoms with E-state index in [9.17, 15) is 8.42 Å². The average molecular weight is 460 g/mol. The van der Waals surface area contributed by atoms with E-state index >= 15 is 0 Å². The molecule has 2 aromatic rings. The van der Waals surface area contributed by atoms with Crippen LogP contribution in [-0.4, -0.2) is 91.3 Å². The summed E-state index contributed by atoms with van der Waals surface area (Å²) >= 11 is 0. The highest BCUT2D eigenvalue weighted by atomic mass is 32.2. The van der Waals surface area contributed by atoms with Crippen molar-refractivity contribution in [2.45, 2.75) is 25.4 Å². The van der Waals surface area contributed by atoms with E-state index in [0.717, 1.165) is 32.7 Å². The van der Waals surface area contributed by atoms with Crippen LogP contribution < -0.4 is 0 Å². The average Bonchev–Trinajstić information content (AvgIpc) is 3.09. The van der Waals surface area contributed by atoms with Crippen LogP contribution in [0.2, 0.25) is 0 Å². The first kappa shape index (κ1) is 23.1. The fourth-order valence-corrected chi connectivity index (χ4v) is 6.09. The van der Waals surface area contributed by atoms with Gasteiger partial charge in [-0.25, -0.2) is 8.42 Å². The molecule has 1 aromatic heterocycles. The van der Waals surface area contributed by atoms with Gasteiger partial charge in [-0.05, 0) is 19.4 Å². The number of benzene rings is 1. The second-order valence-electron chi connectivity index (χ2n) is 8.39. The summed E-state index contributed by atoms with van der Waals surface area (Å²) < 4.78 is 35.0. The molecular weight excluding hydrogens is 426 g/mol. The van der Waals surface area contributed by atoms with Crippen LogP contribution in [0, 0.1) is 13.8 Å². The largest absolute Gasteiger partial charge is 0.379 e. The molecule has 0 bridgehead atoms. The van der Waals surface area contributed by atoms with Crippen molar-refractivity contribution in [3.63, 3.8) is 0 Å². The third kappa shape index (κ3) is 5.29. The Morgan fingerprint density at radius 2 is 1.62 bits per heavy atom. The van der Waals surface area contributed by atoms with Crippen LogP contribution in [-0.2, 0) is 21.4 Å². The number of hydrogen-bond acceptors (Lipinski definition) is 6. The zero-order chi connectivity index (χ0) is 22.6. The highest BCUT2D eigenvalue weighted by Crippen LogP contribution is 2.24. The second kappa shape index (κ2) is 10.3. The van der Waals surface area contributed by atoms with Crippen molar-refractivity contribution in [1.29, 1.82) is 0 Å². The van der Waals surface area contributed by atoms with Crippen molar-refractivity contribution in [1.82, 2.24) is 23.9 Å². The second-order valence-corrected chi connectivity index (χ2v) is 10.3. The molecule has 4 rings (SSSR count). The standard InChI is InChI=1S/C23H33N5O3S/c1-20-23(32(29,30)27-15-17-31-18-16-27)21(2)28(24-20)19-26-13-11-25(12-14-26)10-6-9-22-7-4-3-5-8-22/h3-9H,10-19H2,1-2H3/b9-6+. The third-order valence-electron chi connectivity index (χ3n) is 6.16. The Morgan fingerprint density at radius 3 is 2.31 bits per heavy atom. The molecule has 0 unspecified atom stereocenters. The van der Waals surface area contributed by atoms with E-state index in [4.69, 9.17) is 4.74 Å². The fourth-order valence-electron chi connectivity index (χ4n) is 4.31. The molecule has 2 saturated heterocycles. The zero-order valence-electron chi connectivity index (χ0n) is 19.0. The zero-order valence-corrected chi connectivity index (χ0v) is 19.8. The summed E-state index contributed by atoms with van der Waals surface area (Å²) in [6.07, 6.45) is 4.38. The van der Waals surface area contributed by atoms with Gasteiger partial charge in [-0.3, -0.25) is 14.5 Å². The van der Waals surface area contributed by atoms with E-state index in [0.29, 0.717) is 49.3 Å². The Morgan fingerprint density at radius 1 is 0.969 bits per heavy atom. The van der Waals surface area contributed by atoms with Gasteiger partial charge in [-0.2, -0.15) is 9.40 Å². The number of rotatable bonds is 7. The molecule has 3 heterocycles. The molecule has 32 heavy (non-hydrogen) atoms. The molecular formula is C23H33N5O3S. The quantitative estimate of drug-likeness (QED) is 0.629. The van der Waals surface area contributed by atoms with Gasteiger partial charge in [-0.15, -0.1) is 0 Å². The van der Waals surface area contributed by atoms with Crippen LogP contribution in [0.4, 0.5) is 0 Å². The minimum atomic E-state index is -3.55. The number of morpholine rings is 1. The molecule has 9 heteroatoms. The molecule has 8 nitrogen and oxygen atoms in total. The summed E-state index contributed by atoms with van der Waals surface area (Å²) in [5.41, 5.74) is 2.50. The van der Waals surface area contributed by atoms with Crippen molar-refractivity contribution >= 4 is 16.1 Å². The molecule has 0 radical (unpaired) electrons. The SMILES string of the molecule is Cc1nn(CN2CCN(C/C=C/c3ccccc3)CC2)c(C)c1S(=O)(=O)N1CCOCC1. The third-order valence-corrected chi connectivity index (χ3v) is 8.31. The van der Waals surface area contributed by atoms with Crippen LogP contribution in [0.3, 0.4) is 0 Å². The summed E-state index contributed by atoms with van der Waals surface area (Å²) in [5, 5.41) is 4.58. The maximum atomic E-state index is 13.2. The number of sulfonamides is 1. The van der Waals surface area contributed by atoms with E-state index in [1.807, 2.05) is 17.7 Å². The molecule has 174 valence electrons. The lowest BCUT2D eigenvalue weighted by Gasteiger charge is -2.34.